The SMILES string of the molecule is N=c1ncn(C2(OCc3ccccc3)CCC2)c2[nH]cc(Cc3cccc(F)c3)c12. The predicted molar refractivity (Wildman–Crippen MR) is 112 cm³/mol. The van der Waals surface area contributed by atoms with Crippen LogP contribution in [0.5, 0.6) is 0 Å². The standard InChI is InChI=1S/C24H23FN4O/c25-20-9-4-8-18(13-20)12-19-14-27-23-21(19)22(26)28-16-29(23)24(10-5-11-24)30-15-17-6-2-1-3-7-17/h1-4,6-9,13-14,16,26-27H,5,10-12,15H2. The third-order valence-electron chi connectivity index (χ3n) is 5.93. The van der Waals surface area contributed by atoms with Crippen LogP contribution in [0.1, 0.15) is 36.0 Å². The van der Waals surface area contributed by atoms with E-state index in [1.807, 2.05) is 35.0 Å². The van der Waals surface area contributed by atoms with Gasteiger partial charge < -0.3 is 9.72 Å². The average molecular weight is 402 g/mol. The summed E-state index contributed by atoms with van der Waals surface area (Å²) in [7, 11) is 0. The molecule has 2 aromatic heterocycles. The van der Waals surface area contributed by atoms with Crippen LogP contribution in [0.15, 0.2) is 67.1 Å². The summed E-state index contributed by atoms with van der Waals surface area (Å²) >= 11 is 0. The molecule has 2 heterocycles. The van der Waals surface area contributed by atoms with Crippen LogP contribution in [0, 0.1) is 11.2 Å². The Labute approximate surface area is 173 Å². The molecule has 4 aromatic rings. The molecule has 0 spiro atoms. The van der Waals surface area contributed by atoms with Crippen LogP contribution in [0.4, 0.5) is 4.39 Å². The minimum absolute atomic E-state index is 0.214. The number of nitrogens with one attached hydrogen (secondary N) is 2. The highest BCUT2D eigenvalue weighted by Crippen LogP contribution is 2.42. The van der Waals surface area contributed by atoms with Crippen molar-refractivity contribution in [2.45, 2.75) is 38.0 Å². The number of hydrogen-bond acceptors (Lipinski definition) is 3. The lowest BCUT2D eigenvalue weighted by Gasteiger charge is -2.43. The Hall–Kier alpha value is -3.25. The Morgan fingerprint density at radius 2 is 1.90 bits per heavy atom. The minimum Gasteiger partial charge on any atom is -0.351 e. The lowest BCUT2D eigenvalue weighted by atomic mass is 9.87. The van der Waals surface area contributed by atoms with Crippen molar-refractivity contribution >= 4 is 11.0 Å². The monoisotopic (exact) mass is 402 g/mol. The molecule has 0 radical (unpaired) electrons. The van der Waals surface area contributed by atoms with E-state index in [2.05, 4.69) is 22.1 Å². The van der Waals surface area contributed by atoms with Crippen molar-refractivity contribution in [2.24, 2.45) is 0 Å². The molecule has 0 aliphatic heterocycles. The fourth-order valence-corrected chi connectivity index (χ4v) is 4.19. The van der Waals surface area contributed by atoms with E-state index < -0.39 is 5.72 Å². The van der Waals surface area contributed by atoms with Crippen molar-refractivity contribution in [3.8, 4) is 0 Å². The molecule has 1 aliphatic carbocycles. The first-order chi connectivity index (χ1) is 14.6. The molecule has 5 nitrogen and oxygen atoms in total. The van der Waals surface area contributed by atoms with Gasteiger partial charge in [-0.25, -0.2) is 9.37 Å². The summed E-state index contributed by atoms with van der Waals surface area (Å²) in [6.07, 6.45) is 7.02. The van der Waals surface area contributed by atoms with Gasteiger partial charge in [0.15, 0.2) is 5.49 Å². The lowest BCUT2D eigenvalue weighted by Crippen LogP contribution is -2.44. The highest BCUT2D eigenvalue weighted by molar-refractivity contribution is 5.79. The van der Waals surface area contributed by atoms with E-state index in [0.717, 1.165) is 47.0 Å². The van der Waals surface area contributed by atoms with Crippen molar-refractivity contribution in [3.63, 3.8) is 0 Å². The second kappa shape index (κ2) is 7.54. The van der Waals surface area contributed by atoms with E-state index in [-0.39, 0.29) is 11.3 Å². The second-order valence-corrected chi connectivity index (χ2v) is 7.88. The molecular weight excluding hydrogens is 379 g/mol. The van der Waals surface area contributed by atoms with Crippen LogP contribution >= 0.6 is 0 Å². The molecule has 152 valence electrons. The van der Waals surface area contributed by atoms with E-state index >= 15 is 0 Å². The number of H-pyrrole nitrogens is 1. The van der Waals surface area contributed by atoms with Crippen LogP contribution in [-0.4, -0.2) is 14.5 Å². The van der Waals surface area contributed by atoms with E-state index in [9.17, 15) is 4.39 Å². The molecule has 2 N–H and O–H groups in total. The third kappa shape index (κ3) is 3.33. The maximum atomic E-state index is 13.6. The summed E-state index contributed by atoms with van der Waals surface area (Å²) in [6, 6.07) is 16.7. The van der Waals surface area contributed by atoms with E-state index in [0.29, 0.717) is 13.0 Å². The number of halogens is 1. The molecule has 1 fully saturated rings. The second-order valence-electron chi connectivity index (χ2n) is 7.88. The van der Waals surface area contributed by atoms with E-state index in [1.165, 1.54) is 12.1 Å². The topological polar surface area (TPSA) is 66.7 Å². The Kier molecular flexibility index (Phi) is 4.71. The van der Waals surface area contributed by atoms with Crippen LogP contribution in [-0.2, 0) is 23.5 Å². The van der Waals surface area contributed by atoms with Crippen molar-refractivity contribution in [3.05, 3.63) is 95.1 Å². The van der Waals surface area contributed by atoms with E-state index in [1.54, 1.807) is 12.4 Å². The Morgan fingerprint density at radius 1 is 1.10 bits per heavy atom. The summed E-state index contributed by atoms with van der Waals surface area (Å²) in [5.74, 6) is -0.255. The summed E-state index contributed by atoms with van der Waals surface area (Å²) in [5, 5.41) is 9.14. The smallest absolute Gasteiger partial charge is 0.157 e. The Bertz CT molecular complexity index is 1240. The predicted octanol–water partition coefficient (Wildman–Crippen LogP) is 4.63. The average Bonchev–Trinajstić information content (AvgIpc) is 3.14. The number of nitrogens with zero attached hydrogens (tertiary/aromatic N) is 2. The van der Waals surface area contributed by atoms with Crippen molar-refractivity contribution in [1.29, 1.82) is 5.41 Å². The first-order valence-corrected chi connectivity index (χ1v) is 10.2. The molecule has 0 bridgehead atoms. The van der Waals surface area contributed by atoms with Gasteiger partial charge in [0.05, 0.1) is 12.0 Å². The van der Waals surface area contributed by atoms with Gasteiger partial charge >= 0.3 is 0 Å². The number of ether oxygens (including phenoxy) is 1. The zero-order valence-corrected chi connectivity index (χ0v) is 16.6. The molecule has 5 rings (SSSR count). The van der Waals surface area contributed by atoms with Crippen molar-refractivity contribution in [1.82, 2.24) is 14.5 Å². The molecule has 1 aliphatic rings. The molecule has 0 atom stereocenters. The van der Waals surface area contributed by atoms with Gasteiger partial charge in [0.25, 0.3) is 0 Å². The first kappa shape index (κ1) is 18.8. The van der Waals surface area contributed by atoms with Gasteiger partial charge in [-0.1, -0.05) is 42.5 Å². The van der Waals surface area contributed by atoms with E-state index in [4.69, 9.17) is 10.1 Å². The molecule has 2 aromatic carbocycles. The van der Waals surface area contributed by atoms with Crippen molar-refractivity contribution in [2.75, 3.05) is 0 Å². The maximum absolute atomic E-state index is 13.6. The van der Waals surface area contributed by atoms with Gasteiger partial charge in [0.2, 0.25) is 0 Å². The summed E-state index contributed by atoms with van der Waals surface area (Å²) in [6.45, 7) is 0.523. The zero-order chi connectivity index (χ0) is 20.6. The fourth-order valence-electron chi connectivity index (χ4n) is 4.19. The number of aromatic amines is 1. The molecule has 1 saturated carbocycles. The van der Waals surface area contributed by atoms with Crippen LogP contribution in [0.25, 0.3) is 11.0 Å². The summed E-state index contributed by atoms with van der Waals surface area (Å²) in [4.78, 5) is 7.69. The molecular formula is C24H23FN4O. The van der Waals surface area contributed by atoms with Crippen molar-refractivity contribution < 1.29 is 9.13 Å². The van der Waals surface area contributed by atoms with Gasteiger partial charge in [-0.3, -0.25) is 9.98 Å². The minimum atomic E-state index is -0.463. The lowest BCUT2D eigenvalue weighted by molar-refractivity contribution is -0.168. The first-order valence-electron chi connectivity index (χ1n) is 10.2. The van der Waals surface area contributed by atoms with Gasteiger partial charge in [0, 0.05) is 6.20 Å². The van der Waals surface area contributed by atoms with Crippen LogP contribution in [0.2, 0.25) is 0 Å². The summed E-state index contributed by atoms with van der Waals surface area (Å²) < 4.78 is 22.1. The number of rotatable bonds is 6. The van der Waals surface area contributed by atoms with Gasteiger partial charge in [-0.05, 0) is 54.5 Å². The molecule has 0 amide bonds. The molecule has 0 unspecified atom stereocenters. The van der Waals surface area contributed by atoms with Crippen LogP contribution < -0.4 is 5.49 Å². The maximum Gasteiger partial charge on any atom is 0.157 e. The largest absolute Gasteiger partial charge is 0.351 e. The highest BCUT2D eigenvalue weighted by atomic mass is 19.1. The molecule has 30 heavy (non-hydrogen) atoms. The van der Waals surface area contributed by atoms with Crippen LogP contribution in [0.3, 0.4) is 0 Å². The Balaban J connectivity index is 1.51. The number of fused-ring (bicyclic) bond motifs is 1. The Morgan fingerprint density at radius 3 is 2.63 bits per heavy atom. The van der Waals surface area contributed by atoms with Gasteiger partial charge in [-0.15, -0.1) is 0 Å². The number of hydrogen-bond donors (Lipinski definition) is 2. The molecule has 0 saturated heterocycles. The normalized spacial score (nSPS) is 15.2. The van der Waals surface area contributed by atoms with Gasteiger partial charge in [0.1, 0.15) is 23.5 Å². The molecule has 6 heteroatoms. The third-order valence-corrected chi connectivity index (χ3v) is 5.93. The quantitative estimate of drug-likeness (QED) is 0.494. The highest BCUT2D eigenvalue weighted by Gasteiger charge is 2.41. The fraction of sp³-hybridized carbons (Fsp3) is 0.250. The van der Waals surface area contributed by atoms with Gasteiger partial charge in [-0.2, -0.15) is 0 Å². The summed E-state index contributed by atoms with van der Waals surface area (Å²) in [5.41, 5.74) is 3.50. The number of aromatic nitrogens is 3. The number of benzene rings is 2. The zero-order valence-electron chi connectivity index (χ0n) is 16.6.